The van der Waals surface area contributed by atoms with E-state index in [1.54, 1.807) is 0 Å². The van der Waals surface area contributed by atoms with Crippen molar-refractivity contribution in [3.63, 3.8) is 0 Å². The van der Waals surface area contributed by atoms with Gasteiger partial charge in [-0.1, -0.05) is 74.5 Å². The Morgan fingerprint density at radius 3 is 2.39 bits per heavy atom. The number of nitrogens with two attached hydrogens (primary N) is 1. The van der Waals surface area contributed by atoms with Gasteiger partial charge in [-0.05, 0) is 28.5 Å². The van der Waals surface area contributed by atoms with Crippen LogP contribution in [0.25, 0.3) is 21.9 Å². The highest BCUT2D eigenvalue weighted by Gasteiger charge is 2.21. The second-order valence-electron chi connectivity index (χ2n) is 8.60. The van der Waals surface area contributed by atoms with Crippen molar-refractivity contribution in [1.29, 1.82) is 10.5 Å². The molecule has 0 aliphatic carbocycles. The third kappa shape index (κ3) is 5.17. The van der Waals surface area contributed by atoms with E-state index in [1.165, 1.54) is 11.8 Å². The fourth-order valence-corrected chi connectivity index (χ4v) is 4.95. The van der Waals surface area contributed by atoms with E-state index in [0.29, 0.717) is 22.3 Å². The molecule has 0 spiro atoms. The number of carbonyl (C=O) groups is 1. The highest BCUT2D eigenvalue weighted by atomic mass is 32.2. The normalized spacial score (nSPS) is 10.7. The predicted molar refractivity (Wildman–Crippen MR) is 146 cm³/mol. The minimum atomic E-state index is -0.136. The smallest absolute Gasteiger partial charge is 0.225 e. The van der Waals surface area contributed by atoms with Gasteiger partial charge in [0.2, 0.25) is 5.91 Å². The van der Waals surface area contributed by atoms with Gasteiger partial charge < -0.3 is 11.1 Å². The Kier molecular flexibility index (Phi) is 7.53. The largest absolute Gasteiger partial charge is 0.383 e. The van der Waals surface area contributed by atoms with E-state index in [9.17, 15) is 15.3 Å². The first kappa shape index (κ1) is 24.8. The number of thioether (sulfide) groups is 1. The summed E-state index contributed by atoms with van der Waals surface area (Å²) in [6, 6.07) is 25.7. The summed E-state index contributed by atoms with van der Waals surface area (Å²) >= 11 is 1.28. The lowest BCUT2D eigenvalue weighted by atomic mass is 9.94. The summed E-state index contributed by atoms with van der Waals surface area (Å²) in [6.45, 7) is 4.21. The van der Waals surface area contributed by atoms with Crippen LogP contribution in [0.3, 0.4) is 0 Å². The van der Waals surface area contributed by atoms with Gasteiger partial charge in [0.25, 0.3) is 0 Å². The average Bonchev–Trinajstić information content (AvgIpc) is 2.88. The minimum Gasteiger partial charge on any atom is -0.383 e. The highest BCUT2D eigenvalue weighted by molar-refractivity contribution is 7.99. The fourth-order valence-electron chi connectivity index (χ4n) is 4.01. The monoisotopic (exact) mass is 491 g/mol. The van der Waals surface area contributed by atoms with Crippen LogP contribution in [0.15, 0.2) is 71.8 Å². The molecule has 0 fully saturated rings. The molecule has 0 radical (unpaired) electrons. The van der Waals surface area contributed by atoms with Gasteiger partial charge in [0, 0.05) is 28.8 Å². The molecule has 4 rings (SSSR count). The van der Waals surface area contributed by atoms with Crippen LogP contribution in [0.1, 0.15) is 42.9 Å². The molecule has 3 aromatic carbocycles. The molecule has 6 nitrogen and oxygen atoms in total. The molecule has 7 heteroatoms. The summed E-state index contributed by atoms with van der Waals surface area (Å²) in [6.07, 6.45) is 0.221. The number of benzene rings is 3. The van der Waals surface area contributed by atoms with Gasteiger partial charge in [-0.25, -0.2) is 4.98 Å². The van der Waals surface area contributed by atoms with E-state index in [2.05, 4.69) is 36.3 Å². The van der Waals surface area contributed by atoms with Gasteiger partial charge in [0.15, 0.2) is 0 Å². The number of aromatic nitrogens is 1. The van der Waals surface area contributed by atoms with E-state index >= 15 is 0 Å². The van der Waals surface area contributed by atoms with Gasteiger partial charge in [0.05, 0.1) is 5.56 Å². The number of amides is 1. The van der Waals surface area contributed by atoms with Crippen LogP contribution < -0.4 is 11.1 Å². The number of pyridine rings is 1. The molecule has 3 N–H and O–H groups in total. The van der Waals surface area contributed by atoms with E-state index in [4.69, 9.17) is 5.73 Å². The molecular weight excluding hydrogens is 466 g/mol. The molecule has 4 aromatic rings. The van der Waals surface area contributed by atoms with Crippen LogP contribution in [-0.2, 0) is 4.79 Å². The number of nitriles is 2. The van der Waals surface area contributed by atoms with E-state index in [1.807, 2.05) is 66.7 Å². The Morgan fingerprint density at radius 2 is 1.69 bits per heavy atom. The zero-order valence-corrected chi connectivity index (χ0v) is 20.9. The van der Waals surface area contributed by atoms with Crippen molar-refractivity contribution in [3.8, 4) is 23.3 Å². The number of nitrogens with one attached hydrogen (secondary N) is 1. The maximum atomic E-state index is 12.7. The zero-order valence-electron chi connectivity index (χ0n) is 20.1. The van der Waals surface area contributed by atoms with Crippen LogP contribution in [0, 0.1) is 22.7 Å². The van der Waals surface area contributed by atoms with Gasteiger partial charge in [-0.3, -0.25) is 4.79 Å². The standard InChI is InChI=1S/C29H25N5OS/c1-18(2)19-10-12-21(13-11-19)27-23(16-30)28(32)34-29(24(27)17-31)36-15-14-26(35)33-25-9-5-7-20-6-3-4-8-22(20)25/h3-13,18H,14-15H2,1-2H3,(H2,32,34)(H,33,35). The SMILES string of the molecule is CC(C)c1ccc(-c2c(C#N)c(N)nc(SCCC(=O)Nc3cccc4ccccc34)c2C#N)cc1. The predicted octanol–water partition coefficient (Wildman–Crippen LogP) is 6.47. The third-order valence-electron chi connectivity index (χ3n) is 5.91. The van der Waals surface area contributed by atoms with E-state index in [-0.39, 0.29) is 29.3 Å². The van der Waals surface area contributed by atoms with Gasteiger partial charge >= 0.3 is 0 Å². The first-order chi connectivity index (χ1) is 17.4. The van der Waals surface area contributed by atoms with Crippen LogP contribution in [0.2, 0.25) is 0 Å². The summed E-state index contributed by atoms with van der Waals surface area (Å²) in [7, 11) is 0. The van der Waals surface area contributed by atoms with Crippen molar-refractivity contribution in [2.45, 2.75) is 31.2 Å². The third-order valence-corrected chi connectivity index (χ3v) is 6.89. The second kappa shape index (κ2) is 10.9. The Bertz CT molecular complexity index is 1510. The van der Waals surface area contributed by atoms with Gasteiger partial charge in [-0.2, -0.15) is 10.5 Å². The van der Waals surface area contributed by atoms with Crippen molar-refractivity contribution >= 4 is 39.9 Å². The highest BCUT2D eigenvalue weighted by Crippen LogP contribution is 2.36. The number of hydrogen-bond acceptors (Lipinski definition) is 6. The lowest BCUT2D eigenvalue weighted by Gasteiger charge is -2.14. The summed E-state index contributed by atoms with van der Waals surface area (Å²) in [5.74, 6) is 0.694. The minimum absolute atomic E-state index is 0.0714. The van der Waals surface area contributed by atoms with Crippen molar-refractivity contribution in [2.75, 3.05) is 16.8 Å². The molecule has 0 saturated heterocycles. The number of fused-ring (bicyclic) bond motifs is 1. The van der Waals surface area contributed by atoms with Gasteiger partial charge in [-0.15, -0.1) is 11.8 Å². The summed E-state index contributed by atoms with van der Waals surface area (Å²) in [4.78, 5) is 17.0. The second-order valence-corrected chi connectivity index (χ2v) is 9.68. The maximum Gasteiger partial charge on any atom is 0.225 e. The topological polar surface area (TPSA) is 116 Å². The van der Waals surface area contributed by atoms with E-state index < -0.39 is 0 Å². The average molecular weight is 492 g/mol. The lowest BCUT2D eigenvalue weighted by molar-refractivity contribution is -0.115. The number of nitrogens with zero attached hydrogens (tertiary/aromatic N) is 3. The molecule has 0 unspecified atom stereocenters. The molecule has 0 aliphatic heterocycles. The van der Waals surface area contributed by atoms with Crippen molar-refractivity contribution in [3.05, 3.63) is 83.4 Å². The van der Waals surface area contributed by atoms with Crippen LogP contribution in [0.4, 0.5) is 11.5 Å². The van der Waals surface area contributed by atoms with Crippen molar-refractivity contribution in [1.82, 2.24) is 4.98 Å². The lowest BCUT2D eigenvalue weighted by Crippen LogP contribution is -2.12. The van der Waals surface area contributed by atoms with Crippen LogP contribution in [0.5, 0.6) is 0 Å². The zero-order chi connectivity index (χ0) is 25.7. The van der Waals surface area contributed by atoms with Crippen molar-refractivity contribution < 1.29 is 4.79 Å². The molecule has 1 aromatic heterocycles. The van der Waals surface area contributed by atoms with Gasteiger partial charge in [0.1, 0.15) is 28.5 Å². The Hall–Kier alpha value is -4.33. The quantitative estimate of drug-likeness (QED) is 0.286. The summed E-state index contributed by atoms with van der Waals surface area (Å²) in [5.41, 5.74) is 9.72. The number of nitrogen functional groups attached to an aromatic ring is 1. The number of hydrogen-bond donors (Lipinski definition) is 2. The van der Waals surface area contributed by atoms with E-state index in [0.717, 1.165) is 27.6 Å². The first-order valence-electron chi connectivity index (χ1n) is 11.6. The van der Waals surface area contributed by atoms with Crippen molar-refractivity contribution in [2.24, 2.45) is 0 Å². The molecule has 0 aliphatic rings. The molecule has 0 bridgehead atoms. The Balaban J connectivity index is 1.55. The summed E-state index contributed by atoms with van der Waals surface area (Å²) < 4.78 is 0. The van der Waals surface area contributed by atoms with Crippen LogP contribution >= 0.6 is 11.8 Å². The molecule has 0 saturated carbocycles. The Labute approximate surface area is 214 Å². The molecule has 1 amide bonds. The molecule has 36 heavy (non-hydrogen) atoms. The molecular formula is C29H25N5OS. The first-order valence-corrected chi connectivity index (χ1v) is 12.6. The molecule has 1 heterocycles. The number of rotatable bonds is 7. The Morgan fingerprint density at radius 1 is 1.00 bits per heavy atom. The molecule has 0 atom stereocenters. The fraction of sp³-hybridized carbons (Fsp3) is 0.172. The summed E-state index contributed by atoms with van der Waals surface area (Å²) in [5, 5.41) is 25.1. The number of anilines is 2. The van der Waals surface area contributed by atoms with Crippen LogP contribution in [-0.4, -0.2) is 16.6 Å². The maximum absolute atomic E-state index is 12.7. The molecule has 178 valence electrons. The number of carbonyl (C=O) groups excluding carboxylic acids is 1.